The molecule has 1 aliphatic carbocycles. The highest BCUT2D eigenvalue weighted by Gasteiger charge is 2.24. The average molecular weight is 288 g/mol. The quantitative estimate of drug-likeness (QED) is 0.719. The molecule has 1 aromatic heterocycles. The summed E-state index contributed by atoms with van der Waals surface area (Å²) < 4.78 is 27.1. The van der Waals surface area contributed by atoms with Gasteiger partial charge in [0.1, 0.15) is 4.21 Å². The van der Waals surface area contributed by atoms with E-state index in [9.17, 15) is 8.42 Å². The predicted octanol–water partition coefficient (Wildman–Crippen LogP) is 1.94. The summed E-state index contributed by atoms with van der Waals surface area (Å²) in [6, 6.07) is 1.77. The van der Waals surface area contributed by atoms with Crippen molar-refractivity contribution >= 4 is 21.4 Å². The Morgan fingerprint density at radius 1 is 1.44 bits per heavy atom. The van der Waals surface area contributed by atoms with Gasteiger partial charge in [-0.25, -0.2) is 13.1 Å². The van der Waals surface area contributed by atoms with Gasteiger partial charge in [-0.2, -0.15) is 0 Å². The number of hydrogen-bond acceptors (Lipinski definition) is 4. The van der Waals surface area contributed by atoms with E-state index in [4.69, 9.17) is 0 Å². The Bertz CT molecular complexity index is 478. The highest BCUT2D eigenvalue weighted by atomic mass is 32.2. The van der Waals surface area contributed by atoms with Gasteiger partial charge in [-0.1, -0.05) is 6.92 Å². The second kappa shape index (κ2) is 6.14. The highest BCUT2D eigenvalue weighted by Crippen LogP contribution is 2.28. The van der Waals surface area contributed by atoms with Crippen molar-refractivity contribution < 1.29 is 8.42 Å². The molecular weight excluding hydrogens is 268 g/mol. The van der Waals surface area contributed by atoms with Gasteiger partial charge in [-0.05, 0) is 48.7 Å². The summed E-state index contributed by atoms with van der Waals surface area (Å²) in [5, 5.41) is 5.18. The third-order valence-corrected chi connectivity index (χ3v) is 5.82. The molecule has 6 heteroatoms. The standard InChI is InChI=1S/C12H20N2O2S2/c1-2-5-13-7-11-6-12(17-9-11)18(15,16)14-8-10-3-4-10/h6,9-10,13-14H,2-5,7-8H2,1H3. The molecule has 1 saturated carbocycles. The van der Waals surface area contributed by atoms with E-state index in [2.05, 4.69) is 17.0 Å². The van der Waals surface area contributed by atoms with E-state index in [1.54, 1.807) is 6.07 Å². The third-order valence-electron chi connectivity index (χ3n) is 2.91. The highest BCUT2D eigenvalue weighted by molar-refractivity contribution is 7.91. The fourth-order valence-corrected chi connectivity index (χ4v) is 3.99. The summed E-state index contributed by atoms with van der Waals surface area (Å²) in [4.78, 5) is 0. The van der Waals surface area contributed by atoms with Crippen molar-refractivity contribution in [3.8, 4) is 0 Å². The molecule has 1 heterocycles. The second-order valence-electron chi connectivity index (χ2n) is 4.75. The first-order valence-electron chi connectivity index (χ1n) is 6.39. The maximum atomic E-state index is 12.0. The van der Waals surface area contributed by atoms with E-state index in [1.807, 2.05) is 5.38 Å². The number of hydrogen-bond donors (Lipinski definition) is 2. The van der Waals surface area contributed by atoms with E-state index in [1.165, 1.54) is 11.3 Å². The minimum absolute atomic E-state index is 0.427. The average Bonchev–Trinajstić information content (AvgIpc) is 3.05. The number of thiophene rings is 1. The zero-order chi connectivity index (χ0) is 13.0. The molecule has 0 saturated heterocycles. The van der Waals surface area contributed by atoms with E-state index in [0.29, 0.717) is 16.7 Å². The van der Waals surface area contributed by atoms with Crippen molar-refractivity contribution in [3.63, 3.8) is 0 Å². The van der Waals surface area contributed by atoms with Gasteiger partial charge in [0.25, 0.3) is 0 Å². The van der Waals surface area contributed by atoms with Gasteiger partial charge in [-0.15, -0.1) is 11.3 Å². The molecule has 2 N–H and O–H groups in total. The summed E-state index contributed by atoms with van der Waals surface area (Å²) >= 11 is 1.30. The maximum absolute atomic E-state index is 12.0. The molecule has 1 aromatic rings. The first-order chi connectivity index (χ1) is 8.62. The molecule has 0 spiro atoms. The lowest BCUT2D eigenvalue weighted by atomic mass is 10.3. The Hall–Kier alpha value is -0.430. The van der Waals surface area contributed by atoms with Crippen LogP contribution in [0.15, 0.2) is 15.7 Å². The summed E-state index contributed by atoms with van der Waals surface area (Å²) in [6.07, 6.45) is 3.39. The van der Waals surface area contributed by atoms with E-state index in [-0.39, 0.29) is 0 Å². The van der Waals surface area contributed by atoms with E-state index in [0.717, 1.165) is 37.9 Å². The van der Waals surface area contributed by atoms with Gasteiger partial charge < -0.3 is 5.32 Å². The summed E-state index contributed by atoms with van der Waals surface area (Å²) in [6.45, 7) is 4.39. The van der Waals surface area contributed by atoms with Crippen LogP contribution < -0.4 is 10.0 Å². The fraction of sp³-hybridized carbons (Fsp3) is 0.667. The number of rotatable bonds is 8. The van der Waals surface area contributed by atoms with Crippen molar-refractivity contribution in [3.05, 3.63) is 17.0 Å². The monoisotopic (exact) mass is 288 g/mol. The molecule has 0 radical (unpaired) electrons. The Morgan fingerprint density at radius 3 is 2.89 bits per heavy atom. The Morgan fingerprint density at radius 2 is 2.22 bits per heavy atom. The second-order valence-corrected chi connectivity index (χ2v) is 7.65. The van der Waals surface area contributed by atoms with Gasteiger partial charge >= 0.3 is 0 Å². The lowest BCUT2D eigenvalue weighted by molar-refractivity contribution is 0.579. The lowest BCUT2D eigenvalue weighted by Gasteiger charge is -2.02. The molecule has 1 aliphatic rings. The Balaban J connectivity index is 1.90. The topological polar surface area (TPSA) is 58.2 Å². The zero-order valence-corrected chi connectivity index (χ0v) is 12.2. The smallest absolute Gasteiger partial charge is 0.250 e. The SMILES string of the molecule is CCCNCc1csc(S(=O)(=O)NCC2CC2)c1. The Labute approximate surface area is 113 Å². The van der Waals surface area contributed by atoms with Crippen LogP contribution in [0.3, 0.4) is 0 Å². The van der Waals surface area contributed by atoms with Crippen LogP contribution in [-0.4, -0.2) is 21.5 Å². The summed E-state index contributed by atoms with van der Waals surface area (Å²) in [5.74, 6) is 0.561. The van der Waals surface area contributed by atoms with Crippen molar-refractivity contribution in [2.45, 2.75) is 36.9 Å². The van der Waals surface area contributed by atoms with Crippen LogP contribution in [0.2, 0.25) is 0 Å². The summed E-state index contributed by atoms with van der Waals surface area (Å²) in [5.41, 5.74) is 1.04. The van der Waals surface area contributed by atoms with Gasteiger partial charge in [-0.3, -0.25) is 0 Å². The van der Waals surface area contributed by atoms with Crippen LogP contribution in [0.4, 0.5) is 0 Å². The first-order valence-corrected chi connectivity index (χ1v) is 8.76. The number of sulfonamides is 1. The molecule has 2 rings (SSSR count). The minimum Gasteiger partial charge on any atom is -0.313 e. The zero-order valence-electron chi connectivity index (χ0n) is 10.6. The van der Waals surface area contributed by atoms with E-state index >= 15 is 0 Å². The molecule has 102 valence electrons. The first kappa shape index (κ1) is 14.0. The largest absolute Gasteiger partial charge is 0.313 e. The molecule has 0 amide bonds. The van der Waals surface area contributed by atoms with Crippen LogP contribution in [-0.2, 0) is 16.6 Å². The molecule has 0 atom stereocenters. The van der Waals surface area contributed by atoms with Gasteiger partial charge in [0.05, 0.1) is 0 Å². The minimum atomic E-state index is -3.28. The Kier molecular flexibility index (Phi) is 4.77. The molecule has 4 nitrogen and oxygen atoms in total. The molecule has 18 heavy (non-hydrogen) atoms. The molecular formula is C12H20N2O2S2. The van der Waals surface area contributed by atoms with Gasteiger partial charge in [0.2, 0.25) is 10.0 Å². The van der Waals surface area contributed by atoms with Crippen LogP contribution in [0.5, 0.6) is 0 Å². The molecule has 0 aromatic carbocycles. The van der Waals surface area contributed by atoms with Crippen LogP contribution in [0.25, 0.3) is 0 Å². The van der Waals surface area contributed by atoms with Crippen LogP contribution in [0.1, 0.15) is 31.7 Å². The van der Waals surface area contributed by atoms with Crippen molar-refractivity contribution in [2.75, 3.05) is 13.1 Å². The van der Waals surface area contributed by atoms with Crippen LogP contribution in [0, 0.1) is 5.92 Å². The fourth-order valence-electron chi connectivity index (χ4n) is 1.62. The van der Waals surface area contributed by atoms with Crippen molar-refractivity contribution in [2.24, 2.45) is 5.92 Å². The van der Waals surface area contributed by atoms with E-state index < -0.39 is 10.0 Å². The van der Waals surface area contributed by atoms with Crippen LogP contribution >= 0.6 is 11.3 Å². The van der Waals surface area contributed by atoms with Crippen molar-refractivity contribution in [1.29, 1.82) is 0 Å². The third kappa shape index (κ3) is 4.05. The van der Waals surface area contributed by atoms with Gasteiger partial charge in [0, 0.05) is 13.1 Å². The molecule has 0 bridgehead atoms. The molecule has 0 aliphatic heterocycles. The molecule has 1 fully saturated rings. The summed E-state index contributed by atoms with van der Waals surface area (Å²) in [7, 11) is -3.28. The normalized spacial score (nSPS) is 16.1. The molecule has 0 unspecified atom stereocenters. The number of nitrogens with one attached hydrogen (secondary N) is 2. The maximum Gasteiger partial charge on any atom is 0.250 e. The van der Waals surface area contributed by atoms with Gasteiger partial charge in [0.15, 0.2) is 0 Å². The van der Waals surface area contributed by atoms with Crippen molar-refractivity contribution in [1.82, 2.24) is 10.0 Å². The predicted molar refractivity (Wildman–Crippen MR) is 74.2 cm³/mol. The lowest BCUT2D eigenvalue weighted by Crippen LogP contribution is -2.25.